The van der Waals surface area contributed by atoms with Gasteiger partial charge in [-0.2, -0.15) is 5.48 Å². The van der Waals surface area contributed by atoms with Crippen LogP contribution in [0.2, 0.25) is 0 Å². The molecule has 0 aromatic carbocycles. The Bertz CT molecular complexity index is 207. The molecule has 2 rings (SSSR count). The molecule has 0 saturated carbocycles. The van der Waals surface area contributed by atoms with E-state index in [0.29, 0.717) is 13.0 Å². The largest absolute Gasteiger partial charge is 0.396 e. The molecule has 2 heterocycles. The zero-order chi connectivity index (χ0) is 10.2. The van der Waals surface area contributed by atoms with Crippen molar-refractivity contribution in [1.29, 1.82) is 0 Å². The van der Waals surface area contributed by atoms with E-state index >= 15 is 0 Å². The van der Waals surface area contributed by atoms with Crippen molar-refractivity contribution in [2.75, 3.05) is 13.2 Å². The second-order valence-corrected chi connectivity index (χ2v) is 4.19. The Hall–Kier alpha value is -0.200. The Morgan fingerprint density at radius 2 is 2.21 bits per heavy atom. The first-order valence-corrected chi connectivity index (χ1v) is 4.96. The summed E-state index contributed by atoms with van der Waals surface area (Å²) in [6, 6.07) is 0.0144. The molecule has 3 atom stereocenters. The molecule has 2 aliphatic heterocycles. The number of fused-ring (bicyclic) bond motifs is 1. The molecule has 0 radical (unpaired) electrons. The first-order chi connectivity index (χ1) is 6.62. The van der Waals surface area contributed by atoms with E-state index in [2.05, 4.69) is 5.48 Å². The maximum absolute atomic E-state index is 8.88. The molecule has 2 fully saturated rings. The minimum atomic E-state index is -0.543. The van der Waals surface area contributed by atoms with Gasteiger partial charge in [-0.05, 0) is 20.3 Å². The quantitative estimate of drug-likeness (QED) is 0.650. The fraction of sp³-hybridized carbons (Fsp3) is 1.00. The summed E-state index contributed by atoms with van der Waals surface area (Å²) in [6.45, 7) is 4.40. The lowest BCUT2D eigenvalue weighted by atomic mass is 10.0. The number of aliphatic hydroxyl groups is 1. The number of hydroxylamine groups is 1. The Kier molecular flexibility index (Phi) is 2.77. The van der Waals surface area contributed by atoms with Crippen LogP contribution in [-0.4, -0.2) is 42.4 Å². The van der Waals surface area contributed by atoms with Crippen molar-refractivity contribution < 1.29 is 19.4 Å². The summed E-state index contributed by atoms with van der Waals surface area (Å²) in [6.07, 6.45) is 0.564. The molecular weight excluding hydrogens is 186 g/mol. The summed E-state index contributed by atoms with van der Waals surface area (Å²) in [4.78, 5) is 5.18. The number of ether oxygens (including phenoxy) is 2. The summed E-state index contributed by atoms with van der Waals surface area (Å²) in [5.41, 5.74) is 2.86. The van der Waals surface area contributed by atoms with Crippen LogP contribution >= 0.6 is 0 Å². The fourth-order valence-electron chi connectivity index (χ4n) is 2.00. The van der Waals surface area contributed by atoms with Gasteiger partial charge in [0.05, 0.1) is 12.6 Å². The van der Waals surface area contributed by atoms with Crippen LogP contribution < -0.4 is 5.48 Å². The number of hydrogen-bond donors (Lipinski definition) is 2. The highest BCUT2D eigenvalue weighted by molar-refractivity contribution is 4.91. The van der Waals surface area contributed by atoms with Gasteiger partial charge in [-0.15, -0.1) is 0 Å². The molecule has 5 heteroatoms. The minimum Gasteiger partial charge on any atom is -0.396 e. The van der Waals surface area contributed by atoms with E-state index in [1.54, 1.807) is 0 Å². The molecule has 0 unspecified atom stereocenters. The van der Waals surface area contributed by atoms with Gasteiger partial charge in [-0.1, -0.05) is 0 Å². The van der Waals surface area contributed by atoms with E-state index in [1.807, 2.05) is 13.8 Å². The maximum atomic E-state index is 8.88. The Labute approximate surface area is 83.3 Å². The number of nitrogens with one attached hydrogen (secondary N) is 1. The van der Waals surface area contributed by atoms with Gasteiger partial charge in [-0.25, -0.2) is 0 Å². The first-order valence-electron chi connectivity index (χ1n) is 4.96. The average Bonchev–Trinajstić information content (AvgIpc) is 2.41. The van der Waals surface area contributed by atoms with Crippen LogP contribution in [0.25, 0.3) is 0 Å². The van der Waals surface area contributed by atoms with E-state index in [-0.39, 0.29) is 24.9 Å². The van der Waals surface area contributed by atoms with E-state index in [9.17, 15) is 0 Å². The molecule has 5 nitrogen and oxygen atoms in total. The molecule has 0 spiro atoms. The van der Waals surface area contributed by atoms with Gasteiger partial charge in [0.25, 0.3) is 0 Å². The normalized spacial score (nSPS) is 40.9. The summed E-state index contributed by atoms with van der Waals surface area (Å²) in [5, 5.41) is 8.88. The zero-order valence-electron chi connectivity index (χ0n) is 8.53. The topological polar surface area (TPSA) is 60.0 Å². The van der Waals surface area contributed by atoms with Crippen molar-refractivity contribution in [2.24, 2.45) is 0 Å². The molecule has 0 bridgehead atoms. The number of aliphatic hydroxyl groups excluding tert-OH is 1. The van der Waals surface area contributed by atoms with Crippen molar-refractivity contribution in [3.63, 3.8) is 0 Å². The third-order valence-corrected chi connectivity index (χ3v) is 2.54. The third-order valence-electron chi connectivity index (χ3n) is 2.54. The zero-order valence-corrected chi connectivity index (χ0v) is 8.53. The summed E-state index contributed by atoms with van der Waals surface area (Å²) in [7, 11) is 0. The van der Waals surface area contributed by atoms with Crippen LogP contribution in [-0.2, 0) is 14.3 Å². The smallest absolute Gasteiger partial charge is 0.163 e. The fourth-order valence-corrected chi connectivity index (χ4v) is 2.00. The van der Waals surface area contributed by atoms with Crippen LogP contribution in [0, 0.1) is 0 Å². The van der Waals surface area contributed by atoms with Gasteiger partial charge in [0.2, 0.25) is 0 Å². The molecule has 2 N–H and O–H groups in total. The van der Waals surface area contributed by atoms with E-state index in [4.69, 9.17) is 19.4 Å². The Balaban J connectivity index is 2.03. The Morgan fingerprint density at radius 3 is 2.93 bits per heavy atom. The van der Waals surface area contributed by atoms with Crippen molar-refractivity contribution in [1.82, 2.24) is 5.48 Å². The number of rotatable bonds is 2. The van der Waals surface area contributed by atoms with Gasteiger partial charge in [-0.3, -0.25) is 4.84 Å². The van der Waals surface area contributed by atoms with E-state index in [0.717, 1.165) is 0 Å². The summed E-state index contributed by atoms with van der Waals surface area (Å²) in [5.74, 6) is -0.543. The molecule has 14 heavy (non-hydrogen) atoms. The minimum absolute atomic E-state index is 0.0144. The van der Waals surface area contributed by atoms with E-state index < -0.39 is 5.79 Å². The van der Waals surface area contributed by atoms with Gasteiger partial charge in [0, 0.05) is 6.61 Å². The first kappa shape index (κ1) is 10.3. The molecule has 0 aliphatic carbocycles. The highest BCUT2D eigenvalue weighted by Crippen LogP contribution is 2.32. The summed E-state index contributed by atoms with van der Waals surface area (Å²) >= 11 is 0. The molecule has 0 amide bonds. The second-order valence-electron chi connectivity index (χ2n) is 4.19. The number of hydrogen-bond acceptors (Lipinski definition) is 5. The molecule has 0 aromatic heterocycles. The van der Waals surface area contributed by atoms with Crippen molar-refractivity contribution in [2.45, 2.75) is 44.3 Å². The molecule has 0 aromatic rings. The lowest BCUT2D eigenvalue weighted by Crippen LogP contribution is -2.52. The second kappa shape index (κ2) is 3.75. The van der Waals surface area contributed by atoms with E-state index in [1.165, 1.54) is 0 Å². The molecular formula is C9H17NO4. The Morgan fingerprint density at radius 1 is 1.43 bits per heavy atom. The predicted molar refractivity (Wildman–Crippen MR) is 48.4 cm³/mol. The SMILES string of the molecule is CC1(C)O[C@H]2[C@H](CCO)NOC[C@H]2O1. The van der Waals surface area contributed by atoms with Crippen molar-refractivity contribution >= 4 is 0 Å². The maximum Gasteiger partial charge on any atom is 0.163 e. The highest BCUT2D eigenvalue weighted by Gasteiger charge is 2.47. The van der Waals surface area contributed by atoms with Gasteiger partial charge in [0.1, 0.15) is 12.2 Å². The van der Waals surface area contributed by atoms with Crippen molar-refractivity contribution in [3.05, 3.63) is 0 Å². The predicted octanol–water partition coefficient (Wildman–Crippen LogP) is -0.208. The molecule has 2 saturated heterocycles. The molecule has 2 aliphatic rings. The van der Waals surface area contributed by atoms with Crippen LogP contribution in [0.15, 0.2) is 0 Å². The van der Waals surface area contributed by atoms with Crippen LogP contribution in [0.5, 0.6) is 0 Å². The monoisotopic (exact) mass is 203 g/mol. The average molecular weight is 203 g/mol. The third kappa shape index (κ3) is 1.92. The van der Waals surface area contributed by atoms with Gasteiger partial charge in [0.15, 0.2) is 5.79 Å². The van der Waals surface area contributed by atoms with Crippen LogP contribution in [0.4, 0.5) is 0 Å². The standard InChI is InChI=1S/C9H17NO4/c1-9(2)13-7-5-12-10-6(3-4-11)8(7)14-9/h6-8,10-11H,3-5H2,1-2H3/t6-,7+,8-/m0/s1. The summed E-state index contributed by atoms with van der Waals surface area (Å²) < 4.78 is 11.4. The highest BCUT2D eigenvalue weighted by atomic mass is 16.8. The lowest BCUT2D eigenvalue weighted by Gasteiger charge is -2.31. The van der Waals surface area contributed by atoms with Crippen molar-refractivity contribution in [3.8, 4) is 0 Å². The molecule has 82 valence electrons. The van der Waals surface area contributed by atoms with Crippen LogP contribution in [0.1, 0.15) is 20.3 Å². The lowest BCUT2D eigenvalue weighted by molar-refractivity contribution is -0.147. The van der Waals surface area contributed by atoms with Crippen LogP contribution in [0.3, 0.4) is 0 Å². The van der Waals surface area contributed by atoms with Gasteiger partial charge < -0.3 is 14.6 Å². The van der Waals surface area contributed by atoms with Gasteiger partial charge >= 0.3 is 0 Å².